The van der Waals surface area contributed by atoms with Crippen molar-refractivity contribution in [2.75, 3.05) is 25.0 Å². The van der Waals surface area contributed by atoms with Crippen LogP contribution in [0.2, 0.25) is 0 Å². The van der Waals surface area contributed by atoms with Crippen molar-refractivity contribution in [3.05, 3.63) is 93.4 Å². The summed E-state index contributed by atoms with van der Waals surface area (Å²) in [6.45, 7) is 0.855. The topological polar surface area (TPSA) is 132 Å². The Labute approximate surface area is 216 Å². The highest BCUT2D eigenvalue weighted by atomic mass is 19.1. The quantitative estimate of drug-likeness (QED) is 0.400. The minimum Gasteiger partial charge on any atom is -0.478 e. The molecule has 5 rings (SSSR count). The van der Waals surface area contributed by atoms with E-state index in [0.717, 1.165) is 0 Å². The Hall–Kier alpha value is -4.67. The van der Waals surface area contributed by atoms with Gasteiger partial charge >= 0.3 is 5.97 Å². The Morgan fingerprint density at radius 1 is 1.11 bits per heavy atom. The highest BCUT2D eigenvalue weighted by Gasteiger charge is 2.28. The molecular weight excluding hydrogens is 491 g/mol. The summed E-state index contributed by atoms with van der Waals surface area (Å²) in [6, 6.07) is 11.6. The summed E-state index contributed by atoms with van der Waals surface area (Å²) in [5.41, 5.74) is 1.06. The molecule has 0 radical (unpaired) electrons. The molecule has 2 N–H and O–H groups in total. The number of benzene rings is 2. The van der Waals surface area contributed by atoms with Gasteiger partial charge in [-0.25, -0.2) is 24.3 Å². The molecule has 1 aliphatic heterocycles. The summed E-state index contributed by atoms with van der Waals surface area (Å²) in [5.74, 6) is -1.66. The van der Waals surface area contributed by atoms with Crippen LogP contribution < -0.4 is 10.5 Å². The number of carboxylic acid groups (broad SMARTS) is 1. The van der Waals surface area contributed by atoms with Gasteiger partial charge in [0.2, 0.25) is 5.95 Å². The third-order valence-electron chi connectivity index (χ3n) is 6.91. The zero-order valence-electron chi connectivity index (χ0n) is 20.6. The lowest BCUT2D eigenvalue weighted by atomic mass is 10.00. The van der Waals surface area contributed by atoms with Crippen molar-refractivity contribution in [3.63, 3.8) is 0 Å². The first kappa shape index (κ1) is 25.0. The fraction of sp³-hybridized carbons (Fsp3) is 0.259. The maximum Gasteiger partial charge on any atom is 0.338 e. The van der Waals surface area contributed by atoms with Crippen LogP contribution in [0.15, 0.2) is 59.7 Å². The van der Waals surface area contributed by atoms with Crippen LogP contribution in [-0.2, 0) is 6.42 Å². The van der Waals surface area contributed by atoms with E-state index in [9.17, 15) is 18.8 Å². The maximum atomic E-state index is 14.8. The lowest BCUT2D eigenvalue weighted by Crippen LogP contribution is -2.46. The minimum atomic E-state index is -1.09. The predicted molar refractivity (Wildman–Crippen MR) is 138 cm³/mol. The number of halogens is 1. The Bertz CT molecular complexity index is 1560. The second-order valence-corrected chi connectivity index (χ2v) is 9.25. The second-order valence-electron chi connectivity index (χ2n) is 9.25. The van der Waals surface area contributed by atoms with Crippen LogP contribution in [0, 0.1) is 5.82 Å². The van der Waals surface area contributed by atoms with E-state index in [1.807, 2.05) is 24.1 Å². The Morgan fingerprint density at radius 2 is 1.79 bits per heavy atom. The molecule has 1 fully saturated rings. The third-order valence-corrected chi connectivity index (χ3v) is 6.91. The lowest BCUT2D eigenvalue weighted by Gasteiger charge is -2.36. The number of aromatic carboxylic acids is 1. The van der Waals surface area contributed by atoms with Gasteiger partial charge in [0.1, 0.15) is 5.82 Å². The molecule has 4 aromatic rings. The van der Waals surface area contributed by atoms with Crippen LogP contribution in [0.4, 0.5) is 10.3 Å². The van der Waals surface area contributed by atoms with Crippen molar-refractivity contribution in [1.29, 1.82) is 0 Å². The molecule has 38 heavy (non-hydrogen) atoms. The van der Waals surface area contributed by atoms with Gasteiger partial charge < -0.3 is 14.9 Å². The summed E-state index contributed by atoms with van der Waals surface area (Å²) in [7, 11) is 1.83. The predicted octanol–water partition coefficient (Wildman–Crippen LogP) is 2.88. The van der Waals surface area contributed by atoms with Crippen molar-refractivity contribution < 1.29 is 19.1 Å². The first-order valence-corrected chi connectivity index (χ1v) is 12.1. The number of fused-ring (bicyclic) bond motifs is 1. The number of amides is 1. The van der Waals surface area contributed by atoms with Gasteiger partial charge in [0.15, 0.2) is 0 Å². The van der Waals surface area contributed by atoms with Crippen LogP contribution in [0.1, 0.15) is 44.8 Å². The highest BCUT2D eigenvalue weighted by molar-refractivity contribution is 5.95. The monoisotopic (exact) mass is 516 g/mol. The molecule has 0 unspecified atom stereocenters. The number of hydrogen-bond acceptors (Lipinski definition) is 7. The standard InChI is InChI=1S/C27H25FN6O4/c1-33(27-29-14-17(15-30-27)26(37)38)18-8-10-34(11-9-18)25(36)21-12-16(6-7-22(21)28)13-23-19-4-2-3-5-20(19)24(35)32-31-23/h2-7,12,14-15,18H,8-11,13H2,1H3,(H,32,35)(H,37,38). The number of rotatable bonds is 6. The first-order valence-electron chi connectivity index (χ1n) is 12.1. The molecule has 11 heteroatoms. The maximum absolute atomic E-state index is 14.8. The zero-order chi connectivity index (χ0) is 26.8. The third kappa shape index (κ3) is 4.95. The number of aromatic amines is 1. The van der Waals surface area contributed by atoms with Crippen LogP contribution in [0.5, 0.6) is 0 Å². The zero-order valence-corrected chi connectivity index (χ0v) is 20.6. The van der Waals surface area contributed by atoms with E-state index in [1.165, 1.54) is 18.5 Å². The largest absolute Gasteiger partial charge is 0.478 e. The van der Waals surface area contributed by atoms with E-state index >= 15 is 0 Å². The average Bonchev–Trinajstić information content (AvgIpc) is 2.95. The number of nitrogens with zero attached hydrogens (tertiary/aromatic N) is 5. The van der Waals surface area contributed by atoms with Gasteiger partial charge in [-0.05, 0) is 36.6 Å². The van der Waals surface area contributed by atoms with Crippen molar-refractivity contribution in [1.82, 2.24) is 25.1 Å². The van der Waals surface area contributed by atoms with Crippen molar-refractivity contribution in [3.8, 4) is 0 Å². The van der Waals surface area contributed by atoms with Gasteiger partial charge in [-0.1, -0.05) is 24.3 Å². The lowest BCUT2D eigenvalue weighted by molar-refractivity contribution is 0.0692. The molecule has 2 aromatic heterocycles. The van der Waals surface area contributed by atoms with Crippen molar-refractivity contribution in [2.24, 2.45) is 0 Å². The SMILES string of the molecule is CN(c1ncc(C(=O)O)cn1)C1CCN(C(=O)c2cc(Cc3n[nH]c(=O)c4ccccc34)ccc2F)CC1. The number of H-pyrrole nitrogens is 1. The number of carbonyl (C=O) groups is 2. The molecular formula is C27H25FN6O4. The Balaban J connectivity index is 1.28. The van der Waals surface area contributed by atoms with Crippen molar-refractivity contribution in [2.45, 2.75) is 25.3 Å². The van der Waals surface area contributed by atoms with Crippen LogP contribution in [0.25, 0.3) is 10.8 Å². The number of anilines is 1. The molecule has 1 saturated heterocycles. The number of carboxylic acids is 1. The normalized spacial score (nSPS) is 14.0. The number of carbonyl (C=O) groups excluding carboxylic acids is 1. The summed E-state index contributed by atoms with van der Waals surface area (Å²) in [6.07, 6.45) is 4.11. The van der Waals surface area contributed by atoms with E-state index in [-0.39, 0.29) is 28.6 Å². The fourth-order valence-electron chi connectivity index (χ4n) is 4.75. The molecule has 0 atom stereocenters. The molecule has 3 heterocycles. The smallest absolute Gasteiger partial charge is 0.338 e. The van der Waals surface area contributed by atoms with E-state index < -0.39 is 11.8 Å². The minimum absolute atomic E-state index is 0.00405. The fourth-order valence-corrected chi connectivity index (χ4v) is 4.75. The Morgan fingerprint density at radius 3 is 2.47 bits per heavy atom. The van der Waals surface area contributed by atoms with Crippen LogP contribution in [0.3, 0.4) is 0 Å². The van der Waals surface area contributed by atoms with Gasteiger partial charge in [0.25, 0.3) is 11.5 Å². The average molecular weight is 517 g/mol. The summed E-state index contributed by atoms with van der Waals surface area (Å²) >= 11 is 0. The van der Waals surface area contributed by atoms with Gasteiger partial charge in [-0.15, -0.1) is 0 Å². The van der Waals surface area contributed by atoms with E-state index in [2.05, 4.69) is 20.2 Å². The van der Waals surface area contributed by atoms with Crippen LogP contribution >= 0.6 is 0 Å². The van der Waals surface area contributed by atoms with E-state index in [1.54, 1.807) is 29.2 Å². The van der Waals surface area contributed by atoms with E-state index in [4.69, 9.17) is 5.11 Å². The van der Waals surface area contributed by atoms with Gasteiger partial charge in [-0.2, -0.15) is 5.10 Å². The Kier molecular flexibility index (Phi) is 6.82. The number of nitrogens with one attached hydrogen (secondary N) is 1. The van der Waals surface area contributed by atoms with Gasteiger partial charge in [0, 0.05) is 50.4 Å². The molecule has 0 bridgehead atoms. The molecule has 0 saturated carbocycles. The van der Waals surface area contributed by atoms with E-state index in [0.29, 0.717) is 60.3 Å². The number of likely N-dealkylation sites (tertiary alicyclic amines) is 1. The molecule has 194 valence electrons. The first-order chi connectivity index (χ1) is 18.3. The highest BCUT2D eigenvalue weighted by Crippen LogP contribution is 2.23. The molecule has 0 aliphatic carbocycles. The summed E-state index contributed by atoms with van der Waals surface area (Å²) in [4.78, 5) is 48.1. The van der Waals surface area contributed by atoms with Gasteiger partial charge in [-0.3, -0.25) is 9.59 Å². The summed E-state index contributed by atoms with van der Waals surface area (Å²) < 4.78 is 14.8. The van der Waals surface area contributed by atoms with Gasteiger partial charge in [0.05, 0.1) is 22.2 Å². The molecule has 2 aromatic carbocycles. The molecule has 1 aliphatic rings. The molecule has 10 nitrogen and oxygen atoms in total. The second kappa shape index (κ2) is 10.4. The van der Waals surface area contributed by atoms with Crippen LogP contribution in [-0.4, -0.2) is 68.2 Å². The number of hydrogen-bond donors (Lipinski definition) is 2. The number of piperidine rings is 1. The molecule has 0 spiro atoms. The molecule has 1 amide bonds. The number of aromatic nitrogens is 4. The van der Waals surface area contributed by atoms with Crippen molar-refractivity contribution >= 4 is 28.6 Å². The summed E-state index contributed by atoms with van der Waals surface area (Å²) in [5, 5.41) is 16.9.